The molecule has 134 valence electrons. The highest BCUT2D eigenvalue weighted by atomic mass is 32.2. The smallest absolute Gasteiger partial charge is 0.273 e. The van der Waals surface area contributed by atoms with Gasteiger partial charge in [0.15, 0.2) is 0 Å². The van der Waals surface area contributed by atoms with Crippen molar-refractivity contribution in [2.75, 3.05) is 18.8 Å². The molecule has 1 aromatic rings. The van der Waals surface area contributed by atoms with Crippen LogP contribution in [0, 0.1) is 6.92 Å². The molecular weight excluding hydrogens is 360 g/mol. The highest BCUT2D eigenvalue weighted by Crippen LogP contribution is 2.27. The minimum Gasteiger partial charge on any atom is -0.273 e. The second kappa shape index (κ2) is 7.31. The van der Waals surface area contributed by atoms with Crippen LogP contribution in [0.5, 0.6) is 0 Å². The van der Waals surface area contributed by atoms with Crippen LogP contribution in [-0.2, 0) is 14.8 Å². The summed E-state index contributed by atoms with van der Waals surface area (Å²) in [5.74, 6) is 0.0203. The Labute approximate surface area is 151 Å². The molecule has 0 N–H and O–H groups in total. The zero-order valence-electron chi connectivity index (χ0n) is 13.9. The van der Waals surface area contributed by atoms with Crippen LogP contribution in [0.15, 0.2) is 29.7 Å². The molecule has 0 atom stereocenters. The van der Waals surface area contributed by atoms with Gasteiger partial charge in [-0.1, -0.05) is 41.6 Å². The second-order valence-corrected chi connectivity index (χ2v) is 8.95. The Hall–Kier alpha value is -1.64. The molecule has 8 heteroatoms. The number of amides is 2. The molecule has 2 heterocycles. The maximum absolute atomic E-state index is 12.5. The van der Waals surface area contributed by atoms with Crippen LogP contribution in [0.4, 0.5) is 4.79 Å². The summed E-state index contributed by atoms with van der Waals surface area (Å²) in [6, 6.07) is 7.41. The number of benzene rings is 1. The van der Waals surface area contributed by atoms with Crippen LogP contribution in [0.25, 0.3) is 6.08 Å². The van der Waals surface area contributed by atoms with Crippen molar-refractivity contribution in [3.05, 3.63) is 40.8 Å². The lowest BCUT2D eigenvalue weighted by molar-refractivity contribution is -0.126. The lowest BCUT2D eigenvalue weighted by Crippen LogP contribution is -2.47. The standard InChI is InChI=1S/C17H20N2O4S2/c1-13-2-4-14(5-3-13)8-11-25(22,23)18-9-6-15(7-10-18)19-16(20)12-24-17(19)21/h2-5,8,11,15H,6-7,9-10,12H2,1H3/b11-8+. The van der Waals surface area contributed by atoms with E-state index in [0.29, 0.717) is 25.9 Å². The van der Waals surface area contributed by atoms with Crippen molar-refractivity contribution < 1.29 is 18.0 Å². The monoisotopic (exact) mass is 380 g/mol. The molecule has 0 aliphatic carbocycles. The predicted molar refractivity (Wildman–Crippen MR) is 98.4 cm³/mol. The van der Waals surface area contributed by atoms with Gasteiger partial charge in [0.25, 0.3) is 5.24 Å². The molecule has 3 rings (SSSR count). The van der Waals surface area contributed by atoms with Gasteiger partial charge in [-0.05, 0) is 31.4 Å². The van der Waals surface area contributed by atoms with Gasteiger partial charge >= 0.3 is 0 Å². The molecule has 2 amide bonds. The van der Waals surface area contributed by atoms with Gasteiger partial charge in [-0.15, -0.1) is 0 Å². The van der Waals surface area contributed by atoms with Crippen LogP contribution >= 0.6 is 11.8 Å². The lowest BCUT2D eigenvalue weighted by Gasteiger charge is -2.34. The molecule has 2 saturated heterocycles. The maximum Gasteiger partial charge on any atom is 0.289 e. The van der Waals surface area contributed by atoms with Gasteiger partial charge in [0, 0.05) is 24.5 Å². The van der Waals surface area contributed by atoms with Crippen molar-refractivity contribution in [2.24, 2.45) is 0 Å². The zero-order valence-corrected chi connectivity index (χ0v) is 15.6. The van der Waals surface area contributed by atoms with E-state index in [1.54, 1.807) is 6.08 Å². The molecule has 2 aliphatic heterocycles. The average molecular weight is 380 g/mol. The van der Waals surface area contributed by atoms with E-state index in [1.807, 2.05) is 31.2 Å². The van der Waals surface area contributed by atoms with Gasteiger partial charge in [0.05, 0.1) is 5.75 Å². The first kappa shape index (κ1) is 18.2. The predicted octanol–water partition coefficient (Wildman–Crippen LogP) is 2.46. The molecule has 1 aromatic carbocycles. The van der Waals surface area contributed by atoms with Gasteiger partial charge in [0.2, 0.25) is 15.9 Å². The molecule has 0 aromatic heterocycles. The van der Waals surface area contributed by atoms with E-state index in [9.17, 15) is 18.0 Å². The second-order valence-electron chi connectivity index (χ2n) is 6.21. The van der Waals surface area contributed by atoms with E-state index in [0.717, 1.165) is 22.9 Å². The fourth-order valence-electron chi connectivity index (χ4n) is 3.00. The number of thioether (sulfide) groups is 1. The van der Waals surface area contributed by atoms with Crippen molar-refractivity contribution in [1.29, 1.82) is 0 Å². The van der Waals surface area contributed by atoms with E-state index in [2.05, 4.69) is 0 Å². The normalized spacial score (nSPS) is 20.8. The quantitative estimate of drug-likeness (QED) is 0.802. The summed E-state index contributed by atoms with van der Waals surface area (Å²) >= 11 is 1.01. The summed E-state index contributed by atoms with van der Waals surface area (Å²) in [4.78, 5) is 24.9. The number of hydrogen-bond acceptors (Lipinski definition) is 5. The third-order valence-corrected chi connectivity index (χ3v) is 6.84. The summed E-state index contributed by atoms with van der Waals surface area (Å²) in [6.45, 7) is 2.60. The van der Waals surface area contributed by atoms with Crippen molar-refractivity contribution >= 4 is 39.0 Å². The van der Waals surface area contributed by atoms with Crippen LogP contribution in [-0.4, -0.2) is 53.7 Å². The van der Waals surface area contributed by atoms with Crippen molar-refractivity contribution in [1.82, 2.24) is 9.21 Å². The summed E-state index contributed by atoms with van der Waals surface area (Å²) in [5.41, 5.74) is 1.94. The molecule has 6 nitrogen and oxygen atoms in total. The molecule has 0 radical (unpaired) electrons. The number of hydrogen-bond donors (Lipinski definition) is 0. The summed E-state index contributed by atoms with van der Waals surface area (Å²) in [5, 5.41) is 1.01. The molecule has 0 saturated carbocycles. The molecular formula is C17H20N2O4S2. The SMILES string of the molecule is Cc1ccc(/C=C/S(=O)(=O)N2CCC(N3C(=O)CSC3=O)CC2)cc1. The number of carbonyl (C=O) groups is 2. The Bertz CT molecular complexity index is 778. The number of nitrogens with zero attached hydrogens (tertiary/aromatic N) is 2. The van der Waals surface area contributed by atoms with E-state index < -0.39 is 10.0 Å². The molecule has 0 spiro atoms. The average Bonchev–Trinajstić information content (AvgIpc) is 2.93. The Morgan fingerprint density at radius 2 is 1.76 bits per heavy atom. The first-order valence-electron chi connectivity index (χ1n) is 8.10. The summed E-state index contributed by atoms with van der Waals surface area (Å²) < 4.78 is 26.3. The van der Waals surface area contributed by atoms with Crippen LogP contribution in [0.3, 0.4) is 0 Å². The Morgan fingerprint density at radius 3 is 2.32 bits per heavy atom. The molecule has 2 aliphatic rings. The molecule has 25 heavy (non-hydrogen) atoms. The number of piperidine rings is 1. The van der Waals surface area contributed by atoms with Gasteiger partial charge in [-0.25, -0.2) is 8.42 Å². The number of rotatable bonds is 4. The molecule has 0 bridgehead atoms. The minimum atomic E-state index is -3.51. The highest BCUT2D eigenvalue weighted by Gasteiger charge is 2.38. The fraction of sp³-hybridized carbons (Fsp3) is 0.412. The van der Waals surface area contributed by atoms with Crippen molar-refractivity contribution in [3.63, 3.8) is 0 Å². The lowest BCUT2D eigenvalue weighted by atomic mass is 10.1. The number of imide groups is 1. The minimum absolute atomic E-state index is 0.171. The Kier molecular flexibility index (Phi) is 5.31. The number of aryl methyl sites for hydroxylation is 1. The summed E-state index contributed by atoms with van der Waals surface area (Å²) in [7, 11) is -3.51. The van der Waals surface area contributed by atoms with Gasteiger partial charge < -0.3 is 0 Å². The van der Waals surface area contributed by atoms with Gasteiger partial charge in [-0.2, -0.15) is 4.31 Å². The van der Waals surface area contributed by atoms with Gasteiger partial charge in [0.1, 0.15) is 0 Å². The van der Waals surface area contributed by atoms with E-state index >= 15 is 0 Å². The number of sulfonamides is 1. The molecule has 2 fully saturated rings. The van der Waals surface area contributed by atoms with Gasteiger partial charge in [-0.3, -0.25) is 14.5 Å². The number of carbonyl (C=O) groups excluding carboxylic acids is 2. The van der Waals surface area contributed by atoms with Crippen LogP contribution in [0.1, 0.15) is 24.0 Å². The fourth-order valence-corrected chi connectivity index (χ4v) is 5.00. The van der Waals surface area contributed by atoms with Crippen molar-refractivity contribution in [3.8, 4) is 0 Å². The highest BCUT2D eigenvalue weighted by molar-refractivity contribution is 8.14. The Balaban J connectivity index is 1.62. The summed E-state index contributed by atoms with van der Waals surface area (Å²) in [6.07, 6.45) is 2.55. The van der Waals surface area contributed by atoms with E-state index in [-0.39, 0.29) is 22.9 Å². The first-order chi connectivity index (χ1) is 11.9. The molecule has 0 unspecified atom stereocenters. The zero-order chi connectivity index (χ0) is 18.0. The third kappa shape index (κ3) is 4.13. The van der Waals surface area contributed by atoms with Crippen molar-refractivity contribution in [2.45, 2.75) is 25.8 Å². The largest absolute Gasteiger partial charge is 0.289 e. The van der Waals surface area contributed by atoms with Crippen LogP contribution < -0.4 is 0 Å². The first-order valence-corrected chi connectivity index (χ1v) is 10.6. The van der Waals surface area contributed by atoms with Crippen LogP contribution in [0.2, 0.25) is 0 Å². The Morgan fingerprint density at radius 1 is 1.12 bits per heavy atom. The maximum atomic E-state index is 12.5. The van der Waals surface area contributed by atoms with E-state index in [1.165, 1.54) is 14.6 Å². The van der Waals surface area contributed by atoms with E-state index in [4.69, 9.17) is 0 Å². The topological polar surface area (TPSA) is 74.8 Å². The third-order valence-electron chi connectivity index (χ3n) is 4.44.